The first kappa shape index (κ1) is 24.2. The van der Waals surface area contributed by atoms with Crippen LogP contribution in [0.2, 0.25) is 0 Å². The molecule has 4 heteroatoms. The van der Waals surface area contributed by atoms with Crippen molar-refractivity contribution < 1.29 is 9.59 Å². The number of aryl methyl sites for hydroxylation is 1. The van der Waals surface area contributed by atoms with E-state index in [9.17, 15) is 9.59 Å². The van der Waals surface area contributed by atoms with E-state index in [0.29, 0.717) is 13.0 Å². The third-order valence-corrected chi connectivity index (χ3v) is 5.40. The van der Waals surface area contributed by atoms with Crippen molar-refractivity contribution in [2.45, 2.75) is 58.7 Å². The van der Waals surface area contributed by atoms with Gasteiger partial charge in [0, 0.05) is 18.5 Å². The van der Waals surface area contributed by atoms with Gasteiger partial charge in [0.1, 0.15) is 6.04 Å². The molecule has 0 fully saturated rings. The normalized spacial score (nSPS) is 12.1. The van der Waals surface area contributed by atoms with E-state index in [1.165, 1.54) is 0 Å². The summed E-state index contributed by atoms with van der Waals surface area (Å²) in [5, 5.41) is 3.10. The van der Waals surface area contributed by atoms with Crippen molar-refractivity contribution in [1.82, 2.24) is 10.2 Å². The van der Waals surface area contributed by atoms with Crippen molar-refractivity contribution in [1.29, 1.82) is 0 Å². The van der Waals surface area contributed by atoms with Crippen LogP contribution in [-0.4, -0.2) is 28.3 Å². The quantitative estimate of drug-likeness (QED) is 0.528. The zero-order valence-corrected chi connectivity index (χ0v) is 20.0. The van der Waals surface area contributed by atoms with Crippen LogP contribution < -0.4 is 5.32 Å². The maximum absolute atomic E-state index is 13.7. The maximum atomic E-state index is 13.7. The smallest absolute Gasteiger partial charge is 0.243 e. The van der Waals surface area contributed by atoms with E-state index in [0.717, 1.165) is 22.3 Å². The van der Waals surface area contributed by atoms with Crippen LogP contribution in [0.1, 0.15) is 43.0 Å². The summed E-state index contributed by atoms with van der Waals surface area (Å²) in [6.07, 6.45) is 0.706. The number of hydrogen-bond acceptors (Lipinski definition) is 2. The number of hydrogen-bond donors (Lipinski definition) is 1. The second-order valence-electron chi connectivity index (χ2n) is 9.62. The number of amides is 2. The van der Waals surface area contributed by atoms with Gasteiger partial charge in [-0.25, -0.2) is 0 Å². The lowest BCUT2D eigenvalue weighted by atomic mass is 9.99. The van der Waals surface area contributed by atoms with E-state index in [4.69, 9.17) is 0 Å². The number of nitrogens with one attached hydrogen (secondary N) is 1. The number of benzene rings is 3. The molecule has 0 radical (unpaired) electrons. The van der Waals surface area contributed by atoms with E-state index >= 15 is 0 Å². The first-order valence-corrected chi connectivity index (χ1v) is 11.5. The summed E-state index contributed by atoms with van der Waals surface area (Å²) in [6, 6.07) is 27.1. The van der Waals surface area contributed by atoms with Crippen molar-refractivity contribution in [3.05, 3.63) is 107 Å². The van der Waals surface area contributed by atoms with Crippen LogP contribution in [0.5, 0.6) is 0 Å². The molecule has 1 N–H and O–H groups in total. The summed E-state index contributed by atoms with van der Waals surface area (Å²) in [5.41, 5.74) is 3.68. The molecule has 3 aromatic carbocycles. The van der Waals surface area contributed by atoms with E-state index in [-0.39, 0.29) is 18.2 Å². The fourth-order valence-electron chi connectivity index (χ4n) is 3.89. The molecule has 33 heavy (non-hydrogen) atoms. The Hall–Kier alpha value is -3.40. The zero-order valence-electron chi connectivity index (χ0n) is 20.0. The van der Waals surface area contributed by atoms with Crippen molar-refractivity contribution >= 4 is 11.8 Å². The van der Waals surface area contributed by atoms with Crippen LogP contribution in [-0.2, 0) is 29.0 Å². The predicted octanol–water partition coefficient (Wildman–Crippen LogP) is 5.09. The molecular formula is C29H34N2O2. The van der Waals surface area contributed by atoms with Gasteiger partial charge in [-0.2, -0.15) is 0 Å². The highest BCUT2D eigenvalue weighted by molar-refractivity contribution is 5.89. The average Bonchev–Trinajstić information content (AvgIpc) is 2.76. The van der Waals surface area contributed by atoms with Gasteiger partial charge in [0.05, 0.1) is 6.42 Å². The second-order valence-corrected chi connectivity index (χ2v) is 9.62. The topological polar surface area (TPSA) is 49.4 Å². The summed E-state index contributed by atoms with van der Waals surface area (Å²) >= 11 is 0. The van der Waals surface area contributed by atoms with E-state index in [1.54, 1.807) is 4.90 Å². The first-order chi connectivity index (χ1) is 15.7. The highest BCUT2D eigenvalue weighted by Gasteiger charge is 2.32. The Morgan fingerprint density at radius 1 is 0.818 bits per heavy atom. The lowest BCUT2D eigenvalue weighted by Gasteiger charge is -2.34. The minimum atomic E-state index is -0.621. The van der Waals surface area contributed by atoms with Gasteiger partial charge in [-0.05, 0) is 44.4 Å². The molecular weight excluding hydrogens is 408 g/mol. The fourth-order valence-corrected chi connectivity index (χ4v) is 3.89. The summed E-state index contributed by atoms with van der Waals surface area (Å²) < 4.78 is 0. The first-order valence-electron chi connectivity index (χ1n) is 11.5. The maximum Gasteiger partial charge on any atom is 0.243 e. The van der Waals surface area contributed by atoms with Gasteiger partial charge in [-0.3, -0.25) is 9.59 Å². The van der Waals surface area contributed by atoms with Gasteiger partial charge >= 0.3 is 0 Å². The van der Waals surface area contributed by atoms with Crippen LogP contribution in [0, 0.1) is 6.92 Å². The average molecular weight is 443 g/mol. The van der Waals surface area contributed by atoms with E-state index in [2.05, 4.69) is 5.32 Å². The molecule has 0 saturated carbocycles. The number of nitrogens with zero attached hydrogens (tertiary/aromatic N) is 1. The molecule has 0 unspecified atom stereocenters. The molecule has 4 nitrogen and oxygen atoms in total. The molecule has 0 saturated heterocycles. The molecule has 2 amide bonds. The van der Waals surface area contributed by atoms with Crippen LogP contribution in [0.15, 0.2) is 84.9 Å². The molecule has 0 aliphatic rings. The summed E-state index contributed by atoms with van der Waals surface area (Å²) in [6.45, 7) is 8.27. The molecule has 172 valence electrons. The van der Waals surface area contributed by atoms with Gasteiger partial charge in [0.25, 0.3) is 0 Å². The largest absolute Gasteiger partial charge is 0.350 e. The Labute approximate surface area is 197 Å². The Balaban J connectivity index is 1.97. The number of carbonyl (C=O) groups is 2. The Morgan fingerprint density at radius 2 is 1.39 bits per heavy atom. The number of carbonyl (C=O) groups excluding carboxylic acids is 2. The van der Waals surface area contributed by atoms with Crippen LogP contribution >= 0.6 is 0 Å². The molecule has 3 rings (SSSR count). The third kappa shape index (κ3) is 7.60. The second kappa shape index (κ2) is 11.0. The molecule has 0 aromatic heterocycles. The SMILES string of the molecule is Cc1cccc(CC(=O)N(Cc2ccccc2)[C@@H](Cc2ccccc2)C(=O)NC(C)(C)C)c1. The van der Waals surface area contributed by atoms with Crippen molar-refractivity contribution in [2.24, 2.45) is 0 Å². The minimum Gasteiger partial charge on any atom is -0.350 e. The monoisotopic (exact) mass is 442 g/mol. The van der Waals surface area contributed by atoms with Gasteiger partial charge < -0.3 is 10.2 Å². The summed E-state index contributed by atoms with van der Waals surface area (Å²) in [7, 11) is 0. The molecule has 0 heterocycles. The molecule has 1 atom stereocenters. The molecule has 0 spiro atoms. The predicted molar refractivity (Wildman–Crippen MR) is 134 cm³/mol. The highest BCUT2D eigenvalue weighted by Crippen LogP contribution is 2.18. The van der Waals surface area contributed by atoms with Crippen molar-refractivity contribution in [3.63, 3.8) is 0 Å². The van der Waals surface area contributed by atoms with Crippen LogP contribution in [0.25, 0.3) is 0 Å². The van der Waals surface area contributed by atoms with Gasteiger partial charge in [0.2, 0.25) is 11.8 Å². The minimum absolute atomic E-state index is 0.0607. The zero-order chi connectivity index (χ0) is 23.8. The highest BCUT2D eigenvalue weighted by atomic mass is 16.2. The molecule has 3 aromatic rings. The third-order valence-electron chi connectivity index (χ3n) is 5.40. The fraction of sp³-hybridized carbons (Fsp3) is 0.310. The molecule has 0 aliphatic heterocycles. The standard InChI is InChI=1S/C29H34N2O2/c1-22-12-11-17-25(18-22)20-27(32)31(21-24-15-9-6-10-16-24)26(28(33)30-29(2,3)4)19-23-13-7-5-8-14-23/h5-18,26H,19-21H2,1-4H3,(H,30,33)/t26-/m0/s1. The Bertz CT molecular complexity index is 1060. The van der Waals surface area contributed by atoms with E-state index in [1.807, 2.05) is 113 Å². The van der Waals surface area contributed by atoms with Crippen LogP contribution in [0.3, 0.4) is 0 Å². The lowest BCUT2D eigenvalue weighted by Crippen LogP contribution is -2.54. The number of rotatable bonds is 8. The van der Waals surface area contributed by atoms with Gasteiger partial charge in [-0.1, -0.05) is 90.5 Å². The van der Waals surface area contributed by atoms with Crippen molar-refractivity contribution in [2.75, 3.05) is 0 Å². The van der Waals surface area contributed by atoms with Crippen LogP contribution in [0.4, 0.5) is 0 Å². The van der Waals surface area contributed by atoms with E-state index < -0.39 is 11.6 Å². The lowest BCUT2D eigenvalue weighted by molar-refractivity contribution is -0.141. The summed E-state index contributed by atoms with van der Waals surface area (Å²) in [4.78, 5) is 28.9. The summed E-state index contributed by atoms with van der Waals surface area (Å²) in [5.74, 6) is -0.200. The van der Waals surface area contributed by atoms with Gasteiger partial charge in [-0.15, -0.1) is 0 Å². The van der Waals surface area contributed by atoms with Crippen molar-refractivity contribution in [3.8, 4) is 0 Å². The Kier molecular flexibility index (Phi) is 8.05. The Morgan fingerprint density at radius 3 is 1.97 bits per heavy atom. The molecule has 0 aliphatic carbocycles. The molecule has 0 bridgehead atoms. The van der Waals surface area contributed by atoms with Gasteiger partial charge in [0.15, 0.2) is 0 Å².